The topological polar surface area (TPSA) is 43.8 Å². The maximum absolute atomic E-state index is 5.01. The van der Waals surface area contributed by atoms with Gasteiger partial charge >= 0.3 is 0 Å². The van der Waals surface area contributed by atoms with Crippen LogP contribution in [-0.2, 0) is 6.54 Å². The average Bonchev–Trinajstić information content (AvgIpc) is 3.04. The molecule has 26 heavy (non-hydrogen) atoms. The van der Waals surface area contributed by atoms with Gasteiger partial charge in [-0.15, -0.1) is 11.3 Å². The van der Waals surface area contributed by atoms with Crippen molar-refractivity contribution >= 4 is 17.3 Å². The van der Waals surface area contributed by atoms with Gasteiger partial charge in [-0.3, -0.25) is 9.89 Å². The highest BCUT2D eigenvalue weighted by Crippen LogP contribution is 2.21. The summed E-state index contributed by atoms with van der Waals surface area (Å²) >= 11 is 1.76. The maximum atomic E-state index is 5.01. The number of aromatic nitrogens is 1. The molecule has 0 aromatic carbocycles. The third-order valence-electron chi connectivity index (χ3n) is 5.55. The van der Waals surface area contributed by atoms with E-state index in [1.165, 1.54) is 49.5 Å². The quantitative estimate of drug-likeness (QED) is 0.631. The van der Waals surface area contributed by atoms with Crippen LogP contribution < -0.4 is 5.32 Å². The number of hydrogen-bond donors (Lipinski definition) is 1. The number of guanidine groups is 1. The smallest absolute Gasteiger partial charge is 0.193 e. The Morgan fingerprint density at radius 2 is 2.12 bits per heavy atom. The minimum atomic E-state index is 0.722. The van der Waals surface area contributed by atoms with E-state index in [-0.39, 0.29) is 0 Å². The van der Waals surface area contributed by atoms with Crippen LogP contribution in [0.15, 0.2) is 10.4 Å². The molecule has 1 unspecified atom stereocenters. The molecular formula is C20H35N5S. The van der Waals surface area contributed by atoms with E-state index < -0.39 is 0 Å². The van der Waals surface area contributed by atoms with Crippen molar-refractivity contribution in [3.8, 4) is 0 Å². The summed E-state index contributed by atoms with van der Waals surface area (Å²) in [4.78, 5) is 14.6. The Morgan fingerprint density at radius 3 is 2.77 bits per heavy atom. The van der Waals surface area contributed by atoms with Crippen LogP contribution in [0.25, 0.3) is 0 Å². The molecule has 0 amide bonds. The monoisotopic (exact) mass is 377 g/mol. The van der Waals surface area contributed by atoms with E-state index in [4.69, 9.17) is 4.99 Å². The van der Waals surface area contributed by atoms with Crippen molar-refractivity contribution in [2.45, 2.75) is 53.0 Å². The van der Waals surface area contributed by atoms with E-state index in [1.807, 2.05) is 0 Å². The molecular weight excluding hydrogens is 342 g/mol. The van der Waals surface area contributed by atoms with Crippen molar-refractivity contribution in [1.29, 1.82) is 0 Å². The fraction of sp³-hybridized carbons (Fsp3) is 0.800. The number of nitrogens with one attached hydrogen (secondary N) is 1. The molecule has 6 heteroatoms. The van der Waals surface area contributed by atoms with Gasteiger partial charge in [-0.25, -0.2) is 4.98 Å². The summed E-state index contributed by atoms with van der Waals surface area (Å²) in [5.41, 5.74) is 1.23. The zero-order valence-corrected chi connectivity index (χ0v) is 17.5. The molecule has 3 heterocycles. The summed E-state index contributed by atoms with van der Waals surface area (Å²) < 4.78 is 0. The summed E-state index contributed by atoms with van der Waals surface area (Å²) in [5, 5.41) is 6.89. The van der Waals surface area contributed by atoms with Crippen LogP contribution in [0, 0.1) is 18.8 Å². The first-order valence-electron chi connectivity index (χ1n) is 10.3. The highest BCUT2D eigenvalue weighted by Gasteiger charge is 2.22. The number of aliphatic imine (C=N–C) groups is 1. The van der Waals surface area contributed by atoms with Gasteiger partial charge in [0.05, 0.1) is 10.7 Å². The Hall–Kier alpha value is -1.14. The Labute approximate surface area is 162 Å². The van der Waals surface area contributed by atoms with Crippen LogP contribution in [0.4, 0.5) is 0 Å². The van der Waals surface area contributed by atoms with Crippen molar-refractivity contribution in [2.24, 2.45) is 16.8 Å². The average molecular weight is 378 g/mol. The largest absolute Gasteiger partial charge is 0.357 e. The lowest BCUT2D eigenvalue weighted by molar-refractivity contribution is 0.178. The fourth-order valence-electron chi connectivity index (χ4n) is 4.06. The van der Waals surface area contributed by atoms with Gasteiger partial charge in [0.1, 0.15) is 0 Å². The second kappa shape index (κ2) is 9.70. The summed E-state index contributed by atoms with van der Waals surface area (Å²) in [6.45, 7) is 14.2. The van der Waals surface area contributed by atoms with E-state index in [0.29, 0.717) is 0 Å². The molecule has 146 valence electrons. The van der Waals surface area contributed by atoms with Gasteiger partial charge < -0.3 is 10.2 Å². The predicted octanol–water partition coefficient (Wildman–Crippen LogP) is 3.36. The van der Waals surface area contributed by atoms with E-state index >= 15 is 0 Å². The minimum absolute atomic E-state index is 0.722. The molecule has 3 rings (SSSR count). The number of hydrogen-bond acceptors (Lipinski definition) is 4. The van der Waals surface area contributed by atoms with Crippen LogP contribution in [0.1, 0.15) is 50.2 Å². The molecule has 1 N–H and O–H groups in total. The van der Waals surface area contributed by atoms with Crippen molar-refractivity contribution in [1.82, 2.24) is 20.1 Å². The van der Waals surface area contributed by atoms with Gasteiger partial charge in [-0.1, -0.05) is 6.92 Å². The molecule has 0 aliphatic carbocycles. The van der Waals surface area contributed by atoms with Gasteiger partial charge in [-0.2, -0.15) is 0 Å². The number of likely N-dealkylation sites (tertiary alicyclic amines) is 2. The summed E-state index contributed by atoms with van der Waals surface area (Å²) in [6.07, 6.45) is 5.15. The SMILES string of the molecule is CCNC(=NCC1CCN(Cc2csc(C)n2)CC1)N1CCCC(C)C1. The summed E-state index contributed by atoms with van der Waals surface area (Å²) in [5.74, 6) is 2.64. The predicted molar refractivity (Wildman–Crippen MR) is 111 cm³/mol. The molecule has 5 nitrogen and oxygen atoms in total. The Morgan fingerprint density at radius 1 is 1.31 bits per heavy atom. The summed E-state index contributed by atoms with van der Waals surface area (Å²) in [7, 11) is 0. The molecule has 1 atom stereocenters. The maximum Gasteiger partial charge on any atom is 0.193 e. The lowest BCUT2D eigenvalue weighted by atomic mass is 9.97. The van der Waals surface area contributed by atoms with Crippen LogP contribution >= 0.6 is 11.3 Å². The molecule has 0 radical (unpaired) electrons. The lowest BCUT2D eigenvalue weighted by Crippen LogP contribution is -2.46. The normalized spacial score (nSPS) is 23.4. The second-order valence-corrected chi connectivity index (χ2v) is 9.03. The van der Waals surface area contributed by atoms with Crippen molar-refractivity contribution in [3.63, 3.8) is 0 Å². The molecule has 1 aromatic rings. The Balaban J connectivity index is 1.46. The molecule has 2 aliphatic rings. The van der Waals surface area contributed by atoms with Gasteiger partial charge in [-0.05, 0) is 64.5 Å². The van der Waals surface area contributed by atoms with E-state index in [1.54, 1.807) is 11.3 Å². The highest BCUT2D eigenvalue weighted by atomic mass is 32.1. The van der Waals surface area contributed by atoms with Gasteiger partial charge in [0.2, 0.25) is 0 Å². The molecule has 0 saturated carbocycles. The van der Waals surface area contributed by atoms with Crippen LogP contribution in [-0.4, -0.2) is 60.0 Å². The first kappa shape index (κ1) is 19.6. The van der Waals surface area contributed by atoms with Crippen LogP contribution in [0.2, 0.25) is 0 Å². The standard InChI is InChI=1S/C20H35N5S/c1-4-21-20(25-9-5-6-16(2)13-25)22-12-18-7-10-24(11-8-18)14-19-15-26-17(3)23-19/h15-16,18H,4-14H2,1-3H3,(H,21,22). The van der Waals surface area contributed by atoms with Crippen molar-refractivity contribution in [3.05, 3.63) is 16.1 Å². The van der Waals surface area contributed by atoms with Gasteiger partial charge in [0.15, 0.2) is 5.96 Å². The van der Waals surface area contributed by atoms with Crippen LogP contribution in [0.3, 0.4) is 0 Å². The Bertz CT molecular complexity index is 577. The number of thiazole rings is 1. The number of nitrogens with zero attached hydrogens (tertiary/aromatic N) is 4. The third kappa shape index (κ3) is 5.68. The molecule has 0 spiro atoms. The third-order valence-corrected chi connectivity index (χ3v) is 6.37. The Kier molecular flexibility index (Phi) is 7.32. The summed E-state index contributed by atoms with van der Waals surface area (Å²) in [6, 6.07) is 0. The first-order valence-corrected chi connectivity index (χ1v) is 11.2. The molecule has 1 aromatic heterocycles. The zero-order chi connectivity index (χ0) is 18.4. The lowest BCUT2D eigenvalue weighted by Gasteiger charge is -2.34. The van der Waals surface area contributed by atoms with Crippen molar-refractivity contribution in [2.75, 3.05) is 39.3 Å². The number of piperidine rings is 2. The zero-order valence-electron chi connectivity index (χ0n) is 16.7. The molecule has 2 fully saturated rings. The molecule has 0 bridgehead atoms. The minimum Gasteiger partial charge on any atom is -0.357 e. The van der Waals surface area contributed by atoms with Crippen LogP contribution in [0.5, 0.6) is 0 Å². The first-order chi connectivity index (χ1) is 12.6. The molecule has 2 aliphatic heterocycles. The van der Waals surface area contributed by atoms with E-state index in [0.717, 1.165) is 50.5 Å². The van der Waals surface area contributed by atoms with Gasteiger partial charge in [0, 0.05) is 38.1 Å². The second-order valence-electron chi connectivity index (χ2n) is 7.97. The van der Waals surface area contributed by atoms with E-state index in [9.17, 15) is 0 Å². The van der Waals surface area contributed by atoms with E-state index in [2.05, 4.69) is 46.3 Å². The van der Waals surface area contributed by atoms with Crippen molar-refractivity contribution < 1.29 is 0 Å². The fourth-order valence-corrected chi connectivity index (χ4v) is 4.66. The number of aryl methyl sites for hydroxylation is 1. The van der Waals surface area contributed by atoms with Gasteiger partial charge in [0.25, 0.3) is 0 Å². The number of rotatable bonds is 5. The highest BCUT2D eigenvalue weighted by molar-refractivity contribution is 7.09. The molecule has 2 saturated heterocycles.